The Labute approximate surface area is 255 Å². The topological polar surface area (TPSA) is 78.4 Å². The smallest absolute Gasteiger partial charge is 0.322 e. The van der Waals surface area contributed by atoms with Crippen molar-refractivity contribution in [1.29, 1.82) is 0 Å². The van der Waals surface area contributed by atoms with Crippen molar-refractivity contribution >= 4 is 11.9 Å². The molecule has 0 saturated heterocycles. The molecule has 4 aliphatic carbocycles. The zero-order chi connectivity index (χ0) is 31.1. The lowest BCUT2D eigenvalue weighted by Gasteiger charge is -2.71. The first-order valence-corrected chi connectivity index (χ1v) is 16.6. The number of nitrogens with one attached hydrogen (secondary N) is 2. The first-order chi connectivity index (χ1) is 19.7. The highest BCUT2D eigenvalue weighted by Gasteiger charge is 2.68. The highest BCUT2D eigenvalue weighted by molar-refractivity contribution is 5.86. The number of carbonyl (C=O) groups excluding carboxylic acids is 1. The molecule has 4 rings (SSSR count). The molecule has 0 bridgehead atoms. The molecule has 3 saturated carbocycles. The van der Waals surface area contributed by atoms with Gasteiger partial charge in [0, 0.05) is 17.7 Å². The lowest BCUT2D eigenvalue weighted by molar-refractivity contribution is -0.222. The van der Waals surface area contributed by atoms with E-state index < -0.39 is 11.4 Å². The Kier molecular flexibility index (Phi) is 9.32. The minimum atomic E-state index is -0.979. The molecule has 5 heteroatoms. The van der Waals surface area contributed by atoms with Crippen LogP contribution in [-0.4, -0.2) is 30.1 Å². The Hall–Kier alpha value is -2.30. The van der Waals surface area contributed by atoms with Crippen molar-refractivity contribution in [2.75, 3.05) is 13.1 Å². The summed E-state index contributed by atoms with van der Waals surface area (Å²) in [5.74, 6) is 1.35. The van der Waals surface area contributed by atoms with Gasteiger partial charge in [0.15, 0.2) is 0 Å². The second kappa shape index (κ2) is 12.0. The van der Waals surface area contributed by atoms with E-state index in [0.29, 0.717) is 23.7 Å². The molecule has 0 aromatic heterocycles. The number of aliphatic carboxylic acids is 1. The third kappa shape index (κ3) is 5.01. The molecule has 5 nitrogen and oxygen atoms in total. The van der Waals surface area contributed by atoms with Gasteiger partial charge in [-0.3, -0.25) is 9.59 Å². The summed E-state index contributed by atoms with van der Waals surface area (Å²) in [6.45, 7) is 25.6. The van der Waals surface area contributed by atoms with Gasteiger partial charge < -0.3 is 15.7 Å². The molecule has 0 heterocycles. The van der Waals surface area contributed by atoms with Gasteiger partial charge in [0.25, 0.3) is 0 Å². The van der Waals surface area contributed by atoms with Gasteiger partial charge >= 0.3 is 5.97 Å². The van der Waals surface area contributed by atoms with Crippen LogP contribution in [0.2, 0.25) is 0 Å². The second-order valence-corrected chi connectivity index (χ2v) is 15.2. The van der Waals surface area contributed by atoms with Crippen LogP contribution in [0.5, 0.6) is 0 Å². The summed E-state index contributed by atoms with van der Waals surface area (Å²) < 4.78 is 0. The minimum Gasteiger partial charge on any atom is -0.480 e. The van der Waals surface area contributed by atoms with Crippen LogP contribution < -0.4 is 10.6 Å². The van der Waals surface area contributed by atoms with Gasteiger partial charge in [-0.05, 0) is 115 Å². The maximum atomic E-state index is 13.6. The highest BCUT2D eigenvalue weighted by Crippen LogP contribution is 2.75. The predicted octanol–water partition coefficient (Wildman–Crippen LogP) is 8.06. The SMILES string of the molecule is C=CCNC1=C(C(=C)/C=C\C)C[C@@]2(C)C(CC[C@]3(C)C2CCC2C(CCC)[C@@](C)(C(=O)NCC(=O)O)CC[C@]23C)[C@H]1C. The number of hydrogen-bond donors (Lipinski definition) is 3. The van der Waals surface area contributed by atoms with Crippen LogP contribution in [0.3, 0.4) is 0 Å². The number of hydrogen-bond acceptors (Lipinski definition) is 3. The van der Waals surface area contributed by atoms with E-state index in [1.807, 2.05) is 6.08 Å². The van der Waals surface area contributed by atoms with Crippen molar-refractivity contribution in [3.8, 4) is 0 Å². The molecular weight excluding hydrogens is 520 g/mol. The zero-order valence-electron chi connectivity index (χ0n) is 27.6. The monoisotopic (exact) mass is 578 g/mol. The van der Waals surface area contributed by atoms with Gasteiger partial charge in [-0.1, -0.05) is 72.8 Å². The lowest BCUT2D eigenvalue weighted by Crippen LogP contribution is -2.66. The Bertz CT molecular complexity index is 1150. The van der Waals surface area contributed by atoms with E-state index in [1.165, 1.54) is 30.5 Å². The summed E-state index contributed by atoms with van der Waals surface area (Å²) >= 11 is 0. The summed E-state index contributed by atoms with van der Waals surface area (Å²) in [4.78, 5) is 24.9. The Balaban J connectivity index is 1.73. The Morgan fingerprint density at radius 3 is 2.38 bits per heavy atom. The standard InChI is InChI=1S/C37H58N2O3/c1-10-13-24(4)26-22-35(7)27(25(5)32(26)38-21-12-3)17-18-37(9)30(35)16-15-29-28(14-11-2)34(6,19-20-36(29,37)8)33(42)39-23-31(40)41/h10,12-13,25,27-30,38H,3-4,11,14-23H2,1-2,5-9H3,(H,39,42)(H,40,41)/b13-10-/t25-,27?,28?,29?,30?,34+,35+,36-,37-/m1/s1. The van der Waals surface area contributed by atoms with Gasteiger partial charge in [-0.25, -0.2) is 0 Å². The van der Waals surface area contributed by atoms with Crippen molar-refractivity contribution in [1.82, 2.24) is 10.6 Å². The molecule has 42 heavy (non-hydrogen) atoms. The molecule has 0 aliphatic heterocycles. The Morgan fingerprint density at radius 2 is 1.76 bits per heavy atom. The van der Waals surface area contributed by atoms with Gasteiger partial charge in [0.1, 0.15) is 6.54 Å². The van der Waals surface area contributed by atoms with E-state index in [1.54, 1.807) is 0 Å². The molecule has 3 fully saturated rings. The van der Waals surface area contributed by atoms with Gasteiger partial charge in [0.05, 0.1) is 0 Å². The first-order valence-electron chi connectivity index (χ1n) is 16.6. The predicted molar refractivity (Wildman–Crippen MR) is 173 cm³/mol. The average Bonchev–Trinajstić information content (AvgIpc) is 2.93. The summed E-state index contributed by atoms with van der Waals surface area (Å²) in [5.41, 5.74) is 3.88. The molecule has 4 unspecified atom stereocenters. The van der Waals surface area contributed by atoms with E-state index >= 15 is 0 Å². The molecule has 0 aromatic rings. The van der Waals surface area contributed by atoms with Crippen molar-refractivity contribution in [2.45, 2.75) is 106 Å². The van der Waals surface area contributed by atoms with Gasteiger partial charge in [-0.2, -0.15) is 0 Å². The van der Waals surface area contributed by atoms with Crippen molar-refractivity contribution < 1.29 is 14.7 Å². The number of amides is 1. The second-order valence-electron chi connectivity index (χ2n) is 15.2. The van der Waals surface area contributed by atoms with E-state index in [2.05, 4.69) is 84.4 Å². The van der Waals surface area contributed by atoms with Crippen molar-refractivity contribution in [2.24, 2.45) is 51.2 Å². The molecule has 1 amide bonds. The first kappa shape index (κ1) is 32.6. The summed E-state index contributed by atoms with van der Waals surface area (Å²) in [5, 5.41) is 15.8. The van der Waals surface area contributed by atoms with E-state index in [9.17, 15) is 14.7 Å². The van der Waals surface area contributed by atoms with Crippen LogP contribution in [-0.2, 0) is 9.59 Å². The fraction of sp³-hybridized carbons (Fsp3) is 0.730. The molecular formula is C37H58N2O3. The van der Waals surface area contributed by atoms with Crippen molar-refractivity contribution in [3.05, 3.63) is 48.2 Å². The zero-order valence-corrected chi connectivity index (χ0v) is 27.6. The molecule has 4 aliphatic rings. The molecule has 0 radical (unpaired) electrons. The van der Waals surface area contributed by atoms with Gasteiger partial charge in [0.2, 0.25) is 5.91 Å². The average molecular weight is 579 g/mol. The third-order valence-electron chi connectivity index (χ3n) is 13.4. The number of fused-ring (bicyclic) bond motifs is 5. The fourth-order valence-corrected chi connectivity index (χ4v) is 11.2. The lowest BCUT2D eigenvalue weighted by atomic mass is 9.33. The molecule has 3 N–H and O–H groups in total. The number of allylic oxidation sites excluding steroid dienone is 5. The number of carboxylic acid groups (broad SMARTS) is 1. The van der Waals surface area contributed by atoms with Crippen LogP contribution in [0.15, 0.2) is 48.2 Å². The summed E-state index contributed by atoms with van der Waals surface area (Å²) in [7, 11) is 0. The number of carbonyl (C=O) groups is 2. The highest BCUT2D eigenvalue weighted by atomic mass is 16.4. The van der Waals surface area contributed by atoms with E-state index in [-0.39, 0.29) is 34.6 Å². The van der Waals surface area contributed by atoms with Crippen LogP contribution >= 0.6 is 0 Å². The molecule has 9 atom stereocenters. The quantitative estimate of drug-likeness (QED) is 0.181. The molecule has 234 valence electrons. The maximum absolute atomic E-state index is 13.6. The normalized spacial score (nSPS) is 41.4. The van der Waals surface area contributed by atoms with E-state index in [0.717, 1.165) is 50.6 Å². The van der Waals surface area contributed by atoms with Crippen LogP contribution in [0, 0.1) is 51.2 Å². The minimum absolute atomic E-state index is 0.0636. The van der Waals surface area contributed by atoms with Crippen LogP contribution in [0.1, 0.15) is 106 Å². The van der Waals surface area contributed by atoms with E-state index in [4.69, 9.17) is 0 Å². The maximum Gasteiger partial charge on any atom is 0.322 e. The third-order valence-corrected chi connectivity index (χ3v) is 13.4. The summed E-state index contributed by atoms with van der Waals surface area (Å²) in [6.07, 6.45) is 16.0. The largest absolute Gasteiger partial charge is 0.480 e. The van der Waals surface area contributed by atoms with Gasteiger partial charge in [-0.15, -0.1) is 6.58 Å². The van der Waals surface area contributed by atoms with Crippen molar-refractivity contribution in [3.63, 3.8) is 0 Å². The Morgan fingerprint density at radius 1 is 1.05 bits per heavy atom. The fourth-order valence-electron chi connectivity index (χ4n) is 11.2. The molecule has 0 aromatic carbocycles. The number of carboxylic acids is 1. The summed E-state index contributed by atoms with van der Waals surface area (Å²) in [6, 6.07) is 0. The van der Waals surface area contributed by atoms with Crippen LogP contribution in [0.25, 0.3) is 0 Å². The molecule has 0 spiro atoms. The van der Waals surface area contributed by atoms with Crippen LogP contribution in [0.4, 0.5) is 0 Å². The number of rotatable bonds is 10.